The van der Waals surface area contributed by atoms with E-state index in [0.717, 1.165) is 5.56 Å². The molecule has 16 heavy (non-hydrogen) atoms. The highest BCUT2D eigenvalue weighted by Crippen LogP contribution is 2.42. The van der Waals surface area contributed by atoms with E-state index in [2.05, 4.69) is 0 Å². The fraction of sp³-hybridized carbons (Fsp3) is 0.538. The summed E-state index contributed by atoms with van der Waals surface area (Å²) >= 11 is 0. The van der Waals surface area contributed by atoms with Gasteiger partial charge in [0.15, 0.2) is 0 Å². The van der Waals surface area contributed by atoms with Crippen molar-refractivity contribution in [2.75, 3.05) is 0 Å². The predicted molar refractivity (Wildman–Crippen MR) is 60.7 cm³/mol. The van der Waals surface area contributed by atoms with E-state index in [-0.39, 0.29) is 6.42 Å². The highest BCUT2D eigenvalue weighted by atomic mass is 19.3. The van der Waals surface area contributed by atoms with E-state index in [1.807, 2.05) is 24.3 Å². The summed E-state index contributed by atoms with van der Waals surface area (Å²) in [5.41, 5.74) is 6.40. The SMILES string of the molecule is CC(N)(Cc1ccccc1C1CC1)C(F)F. The zero-order valence-electron chi connectivity index (χ0n) is 9.42. The topological polar surface area (TPSA) is 26.0 Å². The summed E-state index contributed by atoms with van der Waals surface area (Å²) in [6.45, 7) is 1.42. The maximum absolute atomic E-state index is 12.7. The molecular formula is C13H17F2N. The lowest BCUT2D eigenvalue weighted by Gasteiger charge is -2.24. The number of nitrogens with two attached hydrogens (primary N) is 1. The van der Waals surface area contributed by atoms with Crippen LogP contribution in [0.4, 0.5) is 8.78 Å². The third-order valence-electron chi connectivity index (χ3n) is 3.14. The van der Waals surface area contributed by atoms with Gasteiger partial charge in [-0.25, -0.2) is 8.78 Å². The minimum absolute atomic E-state index is 0.247. The monoisotopic (exact) mass is 225 g/mol. The molecule has 1 aliphatic carbocycles. The van der Waals surface area contributed by atoms with E-state index in [9.17, 15) is 8.78 Å². The first-order valence-electron chi connectivity index (χ1n) is 5.65. The van der Waals surface area contributed by atoms with Crippen molar-refractivity contribution in [2.24, 2.45) is 5.73 Å². The molecule has 1 aromatic carbocycles. The molecule has 0 aliphatic heterocycles. The van der Waals surface area contributed by atoms with Crippen LogP contribution in [0.5, 0.6) is 0 Å². The second-order valence-corrected chi connectivity index (χ2v) is 4.96. The maximum Gasteiger partial charge on any atom is 0.256 e. The van der Waals surface area contributed by atoms with Crippen LogP contribution in [-0.4, -0.2) is 12.0 Å². The molecular weight excluding hydrogens is 208 g/mol. The molecule has 2 rings (SSSR count). The van der Waals surface area contributed by atoms with E-state index >= 15 is 0 Å². The Morgan fingerprint density at radius 3 is 2.56 bits per heavy atom. The van der Waals surface area contributed by atoms with Crippen LogP contribution in [0.25, 0.3) is 0 Å². The highest BCUT2D eigenvalue weighted by Gasteiger charge is 2.33. The van der Waals surface area contributed by atoms with Crippen molar-refractivity contribution < 1.29 is 8.78 Å². The number of halogens is 2. The van der Waals surface area contributed by atoms with Crippen LogP contribution in [0.3, 0.4) is 0 Å². The van der Waals surface area contributed by atoms with Crippen LogP contribution in [0.15, 0.2) is 24.3 Å². The van der Waals surface area contributed by atoms with Crippen molar-refractivity contribution in [3.05, 3.63) is 35.4 Å². The molecule has 0 saturated heterocycles. The molecule has 0 amide bonds. The molecule has 0 bridgehead atoms. The second kappa shape index (κ2) is 4.13. The van der Waals surface area contributed by atoms with Gasteiger partial charge in [0, 0.05) is 0 Å². The van der Waals surface area contributed by atoms with E-state index in [1.165, 1.54) is 25.3 Å². The molecule has 1 aromatic rings. The van der Waals surface area contributed by atoms with Crippen molar-refractivity contribution in [3.63, 3.8) is 0 Å². The fourth-order valence-corrected chi connectivity index (χ4v) is 1.98. The summed E-state index contributed by atoms with van der Waals surface area (Å²) in [6.07, 6.45) is 0.108. The molecule has 1 saturated carbocycles. The van der Waals surface area contributed by atoms with Gasteiger partial charge in [0.25, 0.3) is 6.43 Å². The van der Waals surface area contributed by atoms with Gasteiger partial charge in [-0.2, -0.15) is 0 Å². The molecule has 1 unspecified atom stereocenters. The molecule has 1 aliphatic rings. The first kappa shape index (κ1) is 11.5. The van der Waals surface area contributed by atoms with Crippen LogP contribution in [0, 0.1) is 0 Å². The van der Waals surface area contributed by atoms with Crippen molar-refractivity contribution in [3.8, 4) is 0 Å². The lowest BCUT2D eigenvalue weighted by atomic mass is 9.90. The fourth-order valence-electron chi connectivity index (χ4n) is 1.98. The number of rotatable bonds is 4. The Bertz CT molecular complexity index is 370. The minimum Gasteiger partial charge on any atom is -0.320 e. The number of benzene rings is 1. The van der Waals surface area contributed by atoms with Gasteiger partial charge < -0.3 is 5.73 Å². The Labute approximate surface area is 94.7 Å². The molecule has 2 N–H and O–H groups in total. The second-order valence-electron chi connectivity index (χ2n) is 4.96. The first-order chi connectivity index (χ1) is 7.50. The van der Waals surface area contributed by atoms with Crippen LogP contribution < -0.4 is 5.73 Å². The molecule has 0 spiro atoms. The lowest BCUT2D eigenvalue weighted by Crippen LogP contribution is -2.46. The highest BCUT2D eigenvalue weighted by molar-refractivity contribution is 5.34. The average molecular weight is 225 g/mol. The number of hydrogen-bond donors (Lipinski definition) is 1. The van der Waals surface area contributed by atoms with Crippen LogP contribution in [0.2, 0.25) is 0 Å². The van der Waals surface area contributed by atoms with Gasteiger partial charge in [0.2, 0.25) is 0 Å². The molecule has 1 atom stereocenters. The molecule has 0 radical (unpaired) electrons. The van der Waals surface area contributed by atoms with Crippen molar-refractivity contribution >= 4 is 0 Å². The molecule has 0 aromatic heterocycles. The zero-order valence-corrected chi connectivity index (χ0v) is 9.42. The summed E-state index contributed by atoms with van der Waals surface area (Å²) < 4.78 is 25.4. The summed E-state index contributed by atoms with van der Waals surface area (Å²) in [5, 5.41) is 0. The van der Waals surface area contributed by atoms with E-state index in [0.29, 0.717) is 5.92 Å². The van der Waals surface area contributed by atoms with E-state index in [1.54, 1.807) is 0 Å². The summed E-state index contributed by atoms with van der Waals surface area (Å²) in [6, 6.07) is 7.81. The molecule has 1 fully saturated rings. The standard InChI is InChI=1S/C13H17F2N/c1-13(16,12(14)15)8-10-4-2-3-5-11(10)9-6-7-9/h2-5,9,12H,6-8,16H2,1H3. The Kier molecular flexibility index (Phi) is 2.98. The lowest BCUT2D eigenvalue weighted by molar-refractivity contribution is 0.0638. The van der Waals surface area contributed by atoms with Gasteiger partial charge in [-0.15, -0.1) is 0 Å². The Balaban J connectivity index is 2.20. The van der Waals surface area contributed by atoms with Gasteiger partial charge in [-0.3, -0.25) is 0 Å². The van der Waals surface area contributed by atoms with Crippen molar-refractivity contribution in [1.82, 2.24) is 0 Å². The van der Waals surface area contributed by atoms with Crippen molar-refractivity contribution in [2.45, 2.75) is 44.1 Å². The van der Waals surface area contributed by atoms with Crippen molar-refractivity contribution in [1.29, 1.82) is 0 Å². The molecule has 0 heterocycles. The normalized spacial score (nSPS) is 19.8. The number of hydrogen-bond acceptors (Lipinski definition) is 1. The Hall–Kier alpha value is -0.960. The smallest absolute Gasteiger partial charge is 0.256 e. The van der Waals surface area contributed by atoms with E-state index < -0.39 is 12.0 Å². The maximum atomic E-state index is 12.7. The van der Waals surface area contributed by atoms with Crippen LogP contribution >= 0.6 is 0 Å². The van der Waals surface area contributed by atoms with Gasteiger partial charge in [-0.05, 0) is 43.2 Å². The minimum atomic E-state index is -2.49. The molecule has 88 valence electrons. The predicted octanol–water partition coefficient (Wildman–Crippen LogP) is 3.09. The van der Waals surface area contributed by atoms with E-state index in [4.69, 9.17) is 5.73 Å². The first-order valence-corrected chi connectivity index (χ1v) is 5.65. The van der Waals surface area contributed by atoms with Gasteiger partial charge in [0.05, 0.1) is 5.54 Å². The summed E-state index contributed by atoms with van der Waals surface area (Å²) in [5.74, 6) is 0.574. The van der Waals surface area contributed by atoms with Crippen LogP contribution in [-0.2, 0) is 6.42 Å². The quantitative estimate of drug-likeness (QED) is 0.837. The third kappa shape index (κ3) is 2.40. The summed E-state index contributed by atoms with van der Waals surface area (Å²) in [7, 11) is 0. The molecule has 1 nitrogen and oxygen atoms in total. The van der Waals surface area contributed by atoms with Gasteiger partial charge in [-0.1, -0.05) is 24.3 Å². The van der Waals surface area contributed by atoms with Crippen LogP contribution in [0.1, 0.15) is 36.8 Å². The Morgan fingerprint density at radius 1 is 1.38 bits per heavy atom. The largest absolute Gasteiger partial charge is 0.320 e. The zero-order chi connectivity index (χ0) is 11.8. The number of alkyl halides is 2. The molecule has 3 heteroatoms. The van der Waals surface area contributed by atoms with Gasteiger partial charge in [0.1, 0.15) is 0 Å². The Morgan fingerprint density at radius 2 is 2.00 bits per heavy atom. The average Bonchev–Trinajstić information content (AvgIpc) is 3.01. The van der Waals surface area contributed by atoms with Gasteiger partial charge >= 0.3 is 0 Å². The third-order valence-corrected chi connectivity index (χ3v) is 3.14. The summed E-state index contributed by atoms with van der Waals surface area (Å²) in [4.78, 5) is 0.